The average Bonchev–Trinajstić information content (AvgIpc) is 3.35. The Labute approximate surface area is 164 Å². The van der Waals surface area contributed by atoms with E-state index >= 15 is 0 Å². The van der Waals surface area contributed by atoms with Crippen LogP contribution in [-0.2, 0) is 19.1 Å². The number of anilines is 1. The third-order valence-corrected chi connectivity index (χ3v) is 5.28. The van der Waals surface area contributed by atoms with Gasteiger partial charge in [0.05, 0.1) is 25.8 Å². The summed E-state index contributed by atoms with van der Waals surface area (Å²) in [4.78, 5) is 38.5. The van der Waals surface area contributed by atoms with Crippen molar-refractivity contribution in [3.8, 4) is 11.5 Å². The number of rotatable bonds is 7. The van der Waals surface area contributed by atoms with E-state index in [4.69, 9.17) is 14.2 Å². The largest absolute Gasteiger partial charge is 0.497 e. The fourth-order valence-corrected chi connectivity index (χ4v) is 3.81. The molecule has 1 aromatic carbocycles. The molecule has 1 saturated heterocycles. The first-order chi connectivity index (χ1) is 13.5. The first-order valence-electron chi connectivity index (χ1n) is 9.49. The number of nitrogens with zero attached hydrogens (tertiary/aromatic N) is 1. The smallest absolute Gasteiger partial charge is 0.311 e. The normalized spacial score (nSPS) is 19.6. The van der Waals surface area contributed by atoms with Gasteiger partial charge in [-0.2, -0.15) is 0 Å². The van der Waals surface area contributed by atoms with Crippen molar-refractivity contribution in [2.45, 2.75) is 38.1 Å². The van der Waals surface area contributed by atoms with Crippen LogP contribution >= 0.6 is 0 Å². The van der Waals surface area contributed by atoms with Crippen molar-refractivity contribution in [3.05, 3.63) is 18.2 Å². The Balaban J connectivity index is 1.51. The molecule has 28 heavy (non-hydrogen) atoms. The highest BCUT2D eigenvalue weighted by molar-refractivity contribution is 5.95. The Bertz CT molecular complexity index is 744. The van der Waals surface area contributed by atoms with Gasteiger partial charge in [-0.15, -0.1) is 0 Å². The molecule has 1 saturated carbocycles. The molecule has 1 aromatic rings. The number of amides is 2. The maximum atomic E-state index is 12.3. The summed E-state index contributed by atoms with van der Waals surface area (Å²) < 4.78 is 15.5. The van der Waals surface area contributed by atoms with Crippen LogP contribution in [0, 0.1) is 5.92 Å². The molecule has 0 radical (unpaired) electrons. The topological polar surface area (TPSA) is 94.2 Å². The second-order valence-electron chi connectivity index (χ2n) is 7.11. The van der Waals surface area contributed by atoms with Crippen LogP contribution in [0.1, 0.15) is 32.1 Å². The number of ether oxygens (including phenoxy) is 3. The molecule has 0 bridgehead atoms. The molecular weight excluding hydrogens is 364 g/mol. The number of hydrogen-bond donors (Lipinski definition) is 1. The van der Waals surface area contributed by atoms with Gasteiger partial charge in [0.1, 0.15) is 11.5 Å². The van der Waals surface area contributed by atoms with E-state index in [9.17, 15) is 14.4 Å². The van der Waals surface area contributed by atoms with E-state index in [-0.39, 0.29) is 18.4 Å². The predicted octanol–water partition coefficient (Wildman–Crippen LogP) is 1.98. The molecule has 2 aliphatic rings. The van der Waals surface area contributed by atoms with Gasteiger partial charge in [0.25, 0.3) is 5.91 Å². The van der Waals surface area contributed by atoms with Crippen LogP contribution in [0.3, 0.4) is 0 Å². The third kappa shape index (κ3) is 4.55. The van der Waals surface area contributed by atoms with Crippen molar-refractivity contribution in [1.82, 2.24) is 4.90 Å². The van der Waals surface area contributed by atoms with Gasteiger partial charge in [0.2, 0.25) is 5.91 Å². The molecule has 1 aliphatic carbocycles. The van der Waals surface area contributed by atoms with Crippen LogP contribution in [0.4, 0.5) is 5.69 Å². The lowest BCUT2D eigenvalue weighted by molar-refractivity contribution is -0.151. The molecule has 1 aliphatic heterocycles. The molecule has 3 rings (SSSR count). The maximum absolute atomic E-state index is 12.3. The number of nitrogens with one attached hydrogen (secondary N) is 1. The number of esters is 1. The summed E-state index contributed by atoms with van der Waals surface area (Å²) in [6, 6.07) is 5.24. The maximum Gasteiger partial charge on any atom is 0.311 e. The van der Waals surface area contributed by atoms with Gasteiger partial charge in [-0.3, -0.25) is 14.4 Å². The number of hydrogen-bond acceptors (Lipinski definition) is 6. The summed E-state index contributed by atoms with van der Waals surface area (Å²) in [5, 5.41) is 2.65. The first kappa shape index (κ1) is 20.0. The molecule has 2 fully saturated rings. The molecule has 0 unspecified atom stereocenters. The zero-order valence-corrected chi connectivity index (χ0v) is 16.2. The van der Waals surface area contributed by atoms with Gasteiger partial charge < -0.3 is 24.4 Å². The Hall–Kier alpha value is -2.77. The summed E-state index contributed by atoms with van der Waals surface area (Å²) in [5.74, 6) is -0.483. The zero-order valence-electron chi connectivity index (χ0n) is 16.2. The number of carbonyl (C=O) groups is 3. The van der Waals surface area contributed by atoms with Crippen LogP contribution in [-0.4, -0.2) is 56.1 Å². The van der Waals surface area contributed by atoms with Crippen LogP contribution in [0.15, 0.2) is 18.2 Å². The van der Waals surface area contributed by atoms with Crippen molar-refractivity contribution in [1.29, 1.82) is 0 Å². The molecule has 152 valence electrons. The molecule has 1 N–H and O–H groups in total. The zero-order chi connectivity index (χ0) is 20.1. The van der Waals surface area contributed by atoms with E-state index in [1.807, 2.05) is 0 Å². The minimum absolute atomic E-state index is 0.000538. The SMILES string of the molecule is COc1ccc(OC)c(NC(=O)COC(=O)[C@@H]2CC(=O)N(C3CCCC3)C2)c1. The number of likely N-dealkylation sites (tertiary alicyclic amines) is 1. The molecule has 0 spiro atoms. The van der Waals surface area contributed by atoms with Gasteiger partial charge in [0, 0.05) is 25.1 Å². The van der Waals surface area contributed by atoms with Crippen LogP contribution in [0.25, 0.3) is 0 Å². The van der Waals surface area contributed by atoms with Crippen LogP contribution in [0.5, 0.6) is 11.5 Å². The summed E-state index contributed by atoms with van der Waals surface area (Å²) in [6.07, 6.45) is 4.39. The molecule has 1 heterocycles. The summed E-state index contributed by atoms with van der Waals surface area (Å²) in [5.41, 5.74) is 0.423. The predicted molar refractivity (Wildman–Crippen MR) is 101 cm³/mol. The molecular formula is C20H26N2O6. The van der Waals surface area contributed by atoms with Gasteiger partial charge in [0.15, 0.2) is 6.61 Å². The summed E-state index contributed by atoms with van der Waals surface area (Å²) >= 11 is 0. The fraction of sp³-hybridized carbons (Fsp3) is 0.550. The van der Waals surface area contributed by atoms with Crippen LogP contribution in [0.2, 0.25) is 0 Å². The van der Waals surface area contributed by atoms with E-state index < -0.39 is 24.4 Å². The highest BCUT2D eigenvalue weighted by Crippen LogP contribution is 2.30. The number of benzene rings is 1. The second kappa shape index (κ2) is 8.95. The summed E-state index contributed by atoms with van der Waals surface area (Å²) in [7, 11) is 3.01. The minimum Gasteiger partial charge on any atom is -0.497 e. The van der Waals surface area contributed by atoms with Crippen molar-refractivity contribution in [3.63, 3.8) is 0 Å². The first-order valence-corrected chi connectivity index (χ1v) is 9.49. The molecule has 2 amide bonds. The lowest BCUT2D eigenvalue weighted by Crippen LogP contribution is -2.35. The monoisotopic (exact) mass is 390 g/mol. The lowest BCUT2D eigenvalue weighted by atomic mass is 10.1. The highest BCUT2D eigenvalue weighted by atomic mass is 16.5. The van der Waals surface area contributed by atoms with E-state index in [0.29, 0.717) is 23.7 Å². The standard InChI is InChI=1S/C20H26N2O6/c1-26-15-7-8-17(27-2)16(10-15)21-18(23)12-28-20(25)13-9-19(24)22(11-13)14-5-3-4-6-14/h7-8,10,13-14H,3-6,9,11-12H2,1-2H3,(H,21,23)/t13-/m1/s1. The van der Waals surface area contributed by atoms with Gasteiger partial charge in [-0.1, -0.05) is 12.8 Å². The van der Waals surface area contributed by atoms with E-state index in [0.717, 1.165) is 25.7 Å². The minimum atomic E-state index is -0.512. The van der Waals surface area contributed by atoms with Gasteiger partial charge >= 0.3 is 5.97 Å². The lowest BCUT2D eigenvalue weighted by Gasteiger charge is -2.23. The van der Waals surface area contributed by atoms with Crippen molar-refractivity contribution >= 4 is 23.5 Å². The van der Waals surface area contributed by atoms with E-state index in [1.165, 1.54) is 14.2 Å². The third-order valence-electron chi connectivity index (χ3n) is 5.28. The quantitative estimate of drug-likeness (QED) is 0.716. The molecule has 1 atom stereocenters. The molecule has 8 nitrogen and oxygen atoms in total. The Morgan fingerprint density at radius 1 is 1.18 bits per heavy atom. The molecule has 0 aromatic heterocycles. The summed E-state index contributed by atoms with van der Waals surface area (Å²) in [6.45, 7) is -0.0407. The molecule has 8 heteroatoms. The Kier molecular flexibility index (Phi) is 6.38. The van der Waals surface area contributed by atoms with E-state index in [1.54, 1.807) is 23.1 Å². The van der Waals surface area contributed by atoms with Crippen molar-refractivity contribution in [2.75, 3.05) is 32.7 Å². The average molecular weight is 390 g/mol. The highest BCUT2D eigenvalue weighted by Gasteiger charge is 2.39. The fourth-order valence-electron chi connectivity index (χ4n) is 3.81. The van der Waals surface area contributed by atoms with E-state index in [2.05, 4.69) is 5.32 Å². The van der Waals surface area contributed by atoms with Crippen molar-refractivity contribution < 1.29 is 28.6 Å². The Morgan fingerprint density at radius 2 is 1.93 bits per heavy atom. The van der Waals surface area contributed by atoms with Gasteiger partial charge in [-0.05, 0) is 25.0 Å². The van der Waals surface area contributed by atoms with Crippen LogP contribution < -0.4 is 14.8 Å². The number of carbonyl (C=O) groups excluding carboxylic acids is 3. The van der Waals surface area contributed by atoms with Gasteiger partial charge in [-0.25, -0.2) is 0 Å². The second-order valence-corrected chi connectivity index (χ2v) is 7.11. The number of methoxy groups -OCH3 is 2. The Morgan fingerprint density at radius 3 is 2.61 bits per heavy atom. The van der Waals surface area contributed by atoms with Crippen molar-refractivity contribution in [2.24, 2.45) is 5.92 Å².